The Bertz CT molecular complexity index is 1030. The number of thiocarbonyl (C=S) groups is 1. The largest absolute Gasteiger partial charge is 0.350 e. The number of aromatic nitrogens is 1. The average molecular weight is 389 g/mol. The third kappa shape index (κ3) is 2.75. The summed E-state index contributed by atoms with van der Waals surface area (Å²) in [5.74, 6) is -0.195. The van der Waals surface area contributed by atoms with Gasteiger partial charge in [-0.3, -0.25) is 19.1 Å². The van der Waals surface area contributed by atoms with Gasteiger partial charge in [0.15, 0.2) is 5.11 Å². The first-order valence-corrected chi connectivity index (χ1v) is 9.41. The van der Waals surface area contributed by atoms with Crippen LogP contribution in [-0.2, 0) is 11.3 Å². The minimum atomic E-state index is -0.195. The number of amides is 1. The molecular weight excluding hydrogens is 368 g/mol. The van der Waals surface area contributed by atoms with Crippen LogP contribution in [0.25, 0.3) is 11.4 Å². The second-order valence-electron chi connectivity index (χ2n) is 5.88. The first-order chi connectivity index (χ1) is 12.4. The number of hydrogen-bond donors (Lipinski definition) is 0. The maximum Gasteiger partial charge on any atom is 0.279 e. The van der Waals surface area contributed by atoms with Crippen LogP contribution in [0, 0.1) is 0 Å². The summed E-state index contributed by atoms with van der Waals surface area (Å²) >= 11 is 6.69. The van der Waals surface area contributed by atoms with Crippen LogP contribution >= 0.6 is 23.6 Å². The van der Waals surface area contributed by atoms with E-state index in [1.165, 1.54) is 16.2 Å². The fraction of sp³-hybridized carbons (Fsp3) is 0.278. The highest BCUT2D eigenvalue weighted by Gasteiger charge is 2.36. The fourth-order valence-corrected chi connectivity index (χ4v) is 4.51. The molecule has 1 fully saturated rings. The van der Waals surface area contributed by atoms with Crippen molar-refractivity contribution in [1.82, 2.24) is 19.3 Å². The zero-order valence-corrected chi connectivity index (χ0v) is 16.6. The summed E-state index contributed by atoms with van der Waals surface area (Å²) in [6, 6.07) is 0. The monoisotopic (exact) mass is 388 g/mol. The molecule has 136 valence electrons. The van der Waals surface area contributed by atoms with Crippen LogP contribution in [0.1, 0.15) is 6.92 Å². The first kappa shape index (κ1) is 18.3. The molecule has 0 N–H and O–H groups in total. The maximum atomic E-state index is 13.1. The van der Waals surface area contributed by atoms with Gasteiger partial charge in [-0.2, -0.15) is 0 Å². The molecule has 0 unspecified atom stereocenters. The molecule has 1 aromatic rings. The van der Waals surface area contributed by atoms with Gasteiger partial charge in [-0.05, 0) is 31.3 Å². The number of rotatable bonds is 3. The highest BCUT2D eigenvalue weighted by Crippen LogP contribution is 2.19. The summed E-state index contributed by atoms with van der Waals surface area (Å²) in [5.41, 5.74) is 1.12. The van der Waals surface area contributed by atoms with E-state index in [1.54, 1.807) is 22.6 Å². The molecule has 0 atom stereocenters. The number of allylic oxidation sites excluding steroid dienone is 3. The summed E-state index contributed by atoms with van der Waals surface area (Å²) < 4.78 is 2.78. The molecule has 0 radical (unpaired) electrons. The first-order valence-electron chi connectivity index (χ1n) is 8.18. The minimum absolute atomic E-state index is 0.136. The van der Waals surface area contributed by atoms with E-state index < -0.39 is 0 Å². The van der Waals surface area contributed by atoms with Crippen LogP contribution in [0.15, 0.2) is 41.9 Å². The van der Waals surface area contributed by atoms with E-state index in [2.05, 4.69) is 6.58 Å². The molecule has 3 rings (SSSR count). The van der Waals surface area contributed by atoms with E-state index in [-0.39, 0.29) is 11.5 Å². The lowest BCUT2D eigenvalue weighted by atomic mass is 10.3. The number of carbonyl (C=O) groups excluding carboxylic acids is 1. The molecule has 0 aliphatic carbocycles. The summed E-state index contributed by atoms with van der Waals surface area (Å²) in [7, 11) is 3.54. The number of thiazole rings is 1. The zero-order chi connectivity index (χ0) is 19.0. The molecule has 3 heterocycles. The van der Waals surface area contributed by atoms with Gasteiger partial charge in [0.1, 0.15) is 14.9 Å². The van der Waals surface area contributed by atoms with Crippen molar-refractivity contribution in [2.75, 3.05) is 20.6 Å². The Hall–Kier alpha value is -2.45. The average Bonchev–Trinajstić information content (AvgIpc) is 3.05. The van der Waals surface area contributed by atoms with E-state index in [4.69, 9.17) is 12.2 Å². The van der Waals surface area contributed by atoms with Crippen molar-refractivity contribution in [1.29, 1.82) is 0 Å². The molecule has 26 heavy (non-hydrogen) atoms. The van der Waals surface area contributed by atoms with Crippen LogP contribution < -0.4 is 14.8 Å². The molecule has 1 amide bonds. The standard InChI is InChI=1S/C18H20N4O2S2/c1-5-10-22-16(24)14(12-9-7-8-11-19(12)3)26-17(22)13-15(23)20(4)18(25)21(13)6-2/h5,7-9,11H,1,6,10H2,2-4H3. The van der Waals surface area contributed by atoms with E-state index in [1.807, 2.05) is 43.3 Å². The van der Waals surface area contributed by atoms with Crippen molar-refractivity contribution >= 4 is 46.0 Å². The van der Waals surface area contributed by atoms with Gasteiger partial charge in [-0.1, -0.05) is 12.2 Å². The summed E-state index contributed by atoms with van der Waals surface area (Å²) in [6.45, 7) is 6.56. The lowest BCUT2D eigenvalue weighted by Crippen LogP contribution is -2.36. The van der Waals surface area contributed by atoms with Crippen LogP contribution in [0.3, 0.4) is 0 Å². The normalized spacial score (nSPS) is 21.3. The van der Waals surface area contributed by atoms with Crippen LogP contribution in [0.4, 0.5) is 0 Å². The Labute approximate surface area is 160 Å². The van der Waals surface area contributed by atoms with Crippen LogP contribution in [0.2, 0.25) is 0 Å². The van der Waals surface area contributed by atoms with Gasteiger partial charge >= 0.3 is 0 Å². The SMILES string of the molecule is C=CCn1c(=C2C(=O)N(C)C(=S)N2CC)sc(=C2C=CC=CN2C)c1=O. The van der Waals surface area contributed by atoms with E-state index in [0.717, 1.165) is 5.70 Å². The maximum absolute atomic E-state index is 13.1. The molecule has 0 spiro atoms. The summed E-state index contributed by atoms with van der Waals surface area (Å²) in [5, 5.41) is 0.449. The van der Waals surface area contributed by atoms with Gasteiger partial charge in [-0.25, -0.2) is 0 Å². The lowest BCUT2D eigenvalue weighted by Gasteiger charge is -2.16. The van der Waals surface area contributed by atoms with Crippen LogP contribution in [-0.4, -0.2) is 50.9 Å². The van der Waals surface area contributed by atoms with Gasteiger partial charge in [0.2, 0.25) is 0 Å². The molecule has 0 saturated carbocycles. The van der Waals surface area contributed by atoms with E-state index in [9.17, 15) is 9.59 Å². The molecule has 2 aliphatic heterocycles. The molecule has 0 bridgehead atoms. The summed E-state index contributed by atoms with van der Waals surface area (Å²) in [6.07, 6.45) is 9.24. The van der Waals surface area contributed by atoms with Crippen molar-refractivity contribution in [2.24, 2.45) is 0 Å². The Morgan fingerprint density at radius 3 is 2.62 bits per heavy atom. The Morgan fingerprint density at radius 2 is 2.00 bits per heavy atom. The number of likely N-dealkylation sites (N-methyl/N-ethyl adjacent to an activating group) is 3. The number of carbonyl (C=O) groups is 1. The molecule has 0 aromatic carbocycles. The third-order valence-corrected chi connectivity index (χ3v) is 5.99. The highest BCUT2D eigenvalue weighted by atomic mass is 32.1. The zero-order valence-electron chi connectivity index (χ0n) is 14.9. The van der Waals surface area contributed by atoms with Gasteiger partial charge in [0.05, 0.1) is 5.70 Å². The molecular formula is C18H20N4O2S2. The quantitative estimate of drug-likeness (QED) is 0.554. The third-order valence-electron chi connectivity index (χ3n) is 4.30. The Balaban J connectivity index is 2.43. The second kappa shape index (κ2) is 7.05. The predicted molar refractivity (Wildman–Crippen MR) is 109 cm³/mol. The van der Waals surface area contributed by atoms with Crippen molar-refractivity contribution < 1.29 is 4.79 Å². The van der Waals surface area contributed by atoms with Crippen molar-refractivity contribution in [3.05, 3.63) is 56.6 Å². The van der Waals surface area contributed by atoms with Crippen LogP contribution in [0.5, 0.6) is 0 Å². The predicted octanol–water partition coefficient (Wildman–Crippen LogP) is 0.406. The van der Waals surface area contributed by atoms with Gasteiger partial charge in [0, 0.05) is 33.4 Å². The minimum Gasteiger partial charge on any atom is -0.350 e. The van der Waals surface area contributed by atoms with Crippen molar-refractivity contribution in [3.8, 4) is 0 Å². The van der Waals surface area contributed by atoms with Crippen molar-refractivity contribution in [2.45, 2.75) is 13.5 Å². The molecule has 6 nitrogen and oxygen atoms in total. The lowest BCUT2D eigenvalue weighted by molar-refractivity contribution is -0.120. The van der Waals surface area contributed by atoms with Crippen molar-refractivity contribution in [3.63, 3.8) is 0 Å². The molecule has 1 saturated heterocycles. The Morgan fingerprint density at radius 1 is 1.27 bits per heavy atom. The fourth-order valence-electron chi connectivity index (χ4n) is 2.94. The topological polar surface area (TPSA) is 48.8 Å². The van der Waals surface area contributed by atoms with E-state index in [0.29, 0.717) is 33.1 Å². The summed E-state index contributed by atoms with van der Waals surface area (Å²) in [4.78, 5) is 31.0. The van der Waals surface area contributed by atoms with Gasteiger partial charge < -0.3 is 9.80 Å². The number of hydrogen-bond acceptors (Lipinski definition) is 5. The van der Waals surface area contributed by atoms with Gasteiger partial charge in [0.25, 0.3) is 11.5 Å². The Kier molecular flexibility index (Phi) is 4.97. The molecule has 8 heteroatoms. The molecule has 1 aromatic heterocycles. The number of nitrogens with zero attached hydrogens (tertiary/aromatic N) is 4. The molecule has 2 aliphatic rings. The second-order valence-corrected chi connectivity index (χ2v) is 7.24. The highest BCUT2D eigenvalue weighted by molar-refractivity contribution is 7.80. The van der Waals surface area contributed by atoms with E-state index >= 15 is 0 Å². The van der Waals surface area contributed by atoms with Gasteiger partial charge in [-0.15, -0.1) is 17.9 Å². The smallest absolute Gasteiger partial charge is 0.279 e.